The first kappa shape index (κ1) is 20.6. The van der Waals surface area contributed by atoms with E-state index in [9.17, 15) is 14.4 Å². The van der Waals surface area contributed by atoms with Gasteiger partial charge in [0.05, 0.1) is 6.21 Å². The van der Waals surface area contributed by atoms with Gasteiger partial charge in [-0.1, -0.05) is 0 Å². The summed E-state index contributed by atoms with van der Waals surface area (Å²) >= 11 is 0. The first-order valence-corrected chi connectivity index (χ1v) is 8.84. The highest BCUT2D eigenvalue weighted by Gasteiger charge is 2.06. The lowest BCUT2D eigenvalue weighted by Crippen LogP contribution is -2.24. The topological polar surface area (TPSA) is 127 Å². The van der Waals surface area contributed by atoms with E-state index in [4.69, 9.17) is 19.0 Å². The minimum absolute atomic E-state index is 0.277. The van der Waals surface area contributed by atoms with E-state index in [2.05, 4.69) is 10.5 Å². The van der Waals surface area contributed by atoms with Crippen LogP contribution in [0.25, 0.3) is 11.0 Å². The van der Waals surface area contributed by atoms with Crippen molar-refractivity contribution in [3.05, 3.63) is 70.1 Å². The molecule has 0 saturated carbocycles. The number of carbonyl (C=O) groups is 2. The molecule has 2 N–H and O–H groups in total. The van der Waals surface area contributed by atoms with Gasteiger partial charge in [0.2, 0.25) is 0 Å². The van der Waals surface area contributed by atoms with E-state index in [1.807, 2.05) is 6.92 Å². The lowest BCUT2D eigenvalue weighted by Gasteiger charge is -2.06. The standard InChI is InChI=1S/C21H18N2O7/c1-13-8-21(27)30-18-9-16(6-7-17(13)18)28-11-19(24)23-22-10-14-2-4-15(5-3-14)29-12-20(25)26/h2-10H,11-12H2,1H3,(H,23,24)(H,25,26)/b22-10-. The Kier molecular flexibility index (Phi) is 6.43. The maximum Gasteiger partial charge on any atom is 0.341 e. The third-order valence-electron chi connectivity index (χ3n) is 3.94. The van der Waals surface area contributed by atoms with Crippen LogP contribution in [0.1, 0.15) is 11.1 Å². The minimum Gasteiger partial charge on any atom is -0.484 e. The first-order valence-electron chi connectivity index (χ1n) is 8.84. The van der Waals surface area contributed by atoms with Crippen molar-refractivity contribution in [2.24, 2.45) is 5.10 Å². The number of nitrogens with one attached hydrogen (secondary N) is 1. The van der Waals surface area contributed by atoms with Crippen LogP contribution in [0.4, 0.5) is 0 Å². The second kappa shape index (κ2) is 9.37. The SMILES string of the molecule is Cc1cc(=O)oc2cc(OCC(=O)N/N=C\c3ccc(OCC(=O)O)cc3)ccc12. The van der Waals surface area contributed by atoms with Crippen molar-refractivity contribution in [1.29, 1.82) is 0 Å². The summed E-state index contributed by atoms with van der Waals surface area (Å²) in [7, 11) is 0. The number of nitrogens with zero attached hydrogens (tertiary/aromatic N) is 1. The Morgan fingerprint density at radius 1 is 1.07 bits per heavy atom. The van der Waals surface area contributed by atoms with Crippen molar-refractivity contribution in [2.75, 3.05) is 13.2 Å². The van der Waals surface area contributed by atoms with Gasteiger partial charge in [0, 0.05) is 17.5 Å². The molecule has 1 aromatic heterocycles. The van der Waals surface area contributed by atoms with Crippen LogP contribution < -0.4 is 20.5 Å². The highest BCUT2D eigenvalue weighted by Crippen LogP contribution is 2.22. The fourth-order valence-electron chi connectivity index (χ4n) is 2.55. The van der Waals surface area contributed by atoms with Crippen molar-refractivity contribution in [3.63, 3.8) is 0 Å². The maximum atomic E-state index is 11.9. The zero-order valence-electron chi connectivity index (χ0n) is 16.0. The number of hydrogen-bond acceptors (Lipinski definition) is 7. The summed E-state index contributed by atoms with van der Waals surface area (Å²) in [6.07, 6.45) is 1.42. The molecule has 0 aliphatic carbocycles. The third-order valence-corrected chi connectivity index (χ3v) is 3.94. The van der Waals surface area contributed by atoms with Crippen molar-refractivity contribution in [1.82, 2.24) is 5.43 Å². The quantitative estimate of drug-likeness (QED) is 0.331. The summed E-state index contributed by atoms with van der Waals surface area (Å²) in [5.41, 5.74) is 3.74. The molecule has 0 saturated heterocycles. The minimum atomic E-state index is -1.06. The average molecular weight is 410 g/mol. The Bertz CT molecular complexity index is 1150. The predicted octanol–water partition coefficient (Wildman–Crippen LogP) is 2.09. The molecular formula is C21H18N2O7. The smallest absolute Gasteiger partial charge is 0.341 e. The average Bonchev–Trinajstić information content (AvgIpc) is 2.71. The normalized spacial score (nSPS) is 10.8. The molecule has 0 aliphatic heterocycles. The van der Waals surface area contributed by atoms with Crippen LogP contribution in [-0.2, 0) is 9.59 Å². The van der Waals surface area contributed by atoms with Gasteiger partial charge in [0.25, 0.3) is 5.91 Å². The second-order valence-corrected chi connectivity index (χ2v) is 6.24. The molecule has 0 unspecified atom stereocenters. The summed E-state index contributed by atoms with van der Waals surface area (Å²) in [4.78, 5) is 33.8. The van der Waals surface area contributed by atoms with Crippen LogP contribution >= 0.6 is 0 Å². The highest BCUT2D eigenvalue weighted by molar-refractivity contribution is 5.83. The summed E-state index contributed by atoms with van der Waals surface area (Å²) in [6, 6.07) is 12.9. The number of rotatable bonds is 8. The van der Waals surface area contributed by atoms with Gasteiger partial charge in [0.15, 0.2) is 13.2 Å². The summed E-state index contributed by atoms with van der Waals surface area (Å²) in [5, 5.41) is 13.2. The van der Waals surface area contributed by atoms with E-state index >= 15 is 0 Å². The van der Waals surface area contributed by atoms with Gasteiger partial charge in [-0.2, -0.15) is 5.10 Å². The van der Waals surface area contributed by atoms with E-state index in [0.29, 0.717) is 22.6 Å². The van der Waals surface area contributed by atoms with Crippen molar-refractivity contribution < 1.29 is 28.6 Å². The Labute approximate surface area is 170 Å². The fourth-order valence-corrected chi connectivity index (χ4v) is 2.55. The fraction of sp³-hybridized carbons (Fsp3) is 0.143. The highest BCUT2D eigenvalue weighted by atomic mass is 16.5. The van der Waals surface area contributed by atoms with Crippen LogP contribution in [0.5, 0.6) is 11.5 Å². The number of carbonyl (C=O) groups excluding carboxylic acids is 1. The number of hydrogen-bond donors (Lipinski definition) is 2. The van der Waals surface area contributed by atoms with Crippen LogP contribution in [0, 0.1) is 6.92 Å². The van der Waals surface area contributed by atoms with E-state index in [-0.39, 0.29) is 6.61 Å². The summed E-state index contributed by atoms with van der Waals surface area (Å²) in [6.45, 7) is 1.11. The molecule has 1 amide bonds. The van der Waals surface area contributed by atoms with Gasteiger partial charge in [-0.05, 0) is 54.4 Å². The lowest BCUT2D eigenvalue weighted by atomic mass is 10.1. The van der Waals surface area contributed by atoms with E-state index in [1.165, 1.54) is 12.3 Å². The van der Waals surface area contributed by atoms with Crippen molar-refractivity contribution in [2.45, 2.75) is 6.92 Å². The molecule has 154 valence electrons. The van der Waals surface area contributed by atoms with Crippen LogP contribution in [0.15, 0.2) is 62.8 Å². The van der Waals surface area contributed by atoms with Gasteiger partial charge in [-0.15, -0.1) is 0 Å². The molecule has 2 aromatic carbocycles. The molecule has 0 radical (unpaired) electrons. The number of aryl methyl sites for hydroxylation is 1. The lowest BCUT2D eigenvalue weighted by molar-refractivity contribution is -0.139. The monoisotopic (exact) mass is 410 g/mol. The molecule has 0 bridgehead atoms. The second-order valence-electron chi connectivity index (χ2n) is 6.24. The molecule has 1 heterocycles. The van der Waals surface area contributed by atoms with E-state index in [1.54, 1.807) is 42.5 Å². The Morgan fingerprint density at radius 2 is 1.77 bits per heavy atom. The van der Waals surface area contributed by atoms with Crippen molar-refractivity contribution >= 4 is 29.1 Å². The van der Waals surface area contributed by atoms with Crippen LogP contribution in [0.2, 0.25) is 0 Å². The largest absolute Gasteiger partial charge is 0.484 e. The molecule has 3 aromatic rings. The van der Waals surface area contributed by atoms with Crippen molar-refractivity contribution in [3.8, 4) is 11.5 Å². The van der Waals surface area contributed by atoms with Crippen LogP contribution in [0.3, 0.4) is 0 Å². The van der Waals surface area contributed by atoms with Gasteiger partial charge in [-0.3, -0.25) is 4.79 Å². The third kappa shape index (κ3) is 5.68. The van der Waals surface area contributed by atoms with Gasteiger partial charge >= 0.3 is 11.6 Å². The van der Waals surface area contributed by atoms with Gasteiger partial charge in [-0.25, -0.2) is 15.0 Å². The Hall–Kier alpha value is -4.14. The van der Waals surface area contributed by atoms with E-state index < -0.39 is 24.1 Å². The Morgan fingerprint density at radius 3 is 2.50 bits per heavy atom. The number of carboxylic acids is 1. The van der Waals surface area contributed by atoms with Crippen LogP contribution in [-0.4, -0.2) is 36.4 Å². The number of benzene rings is 2. The number of fused-ring (bicyclic) bond motifs is 1. The molecule has 0 spiro atoms. The molecule has 3 rings (SSSR count). The van der Waals surface area contributed by atoms with E-state index in [0.717, 1.165) is 10.9 Å². The maximum absolute atomic E-state index is 11.9. The Balaban J connectivity index is 1.50. The summed E-state index contributed by atoms with van der Waals surface area (Å²) in [5.74, 6) is -0.742. The molecule has 30 heavy (non-hydrogen) atoms. The number of aliphatic carboxylic acids is 1. The zero-order chi connectivity index (χ0) is 21.5. The summed E-state index contributed by atoms with van der Waals surface area (Å²) < 4.78 is 15.6. The van der Waals surface area contributed by atoms with Gasteiger partial charge in [0.1, 0.15) is 17.1 Å². The molecule has 0 atom stereocenters. The number of hydrazone groups is 1. The molecule has 9 heteroatoms. The number of ether oxygens (including phenoxy) is 2. The molecule has 0 aliphatic rings. The van der Waals surface area contributed by atoms with Gasteiger partial charge < -0.3 is 19.0 Å². The number of amides is 1. The molecular weight excluding hydrogens is 392 g/mol. The molecule has 0 fully saturated rings. The number of carboxylic acid groups (broad SMARTS) is 1. The molecule has 9 nitrogen and oxygen atoms in total. The first-order chi connectivity index (χ1) is 14.4. The zero-order valence-corrected chi connectivity index (χ0v) is 16.0. The predicted molar refractivity (Wildman–Crippen MR) is 108 cm³/mol.